The van der Waals surface area contributed by atoms with Crippen molar-refractivity contribution in [2.45, 2.75) is 19.4 Å². The summed E-state index contributed by atoms with van der Waals surface area (Å²) in [6.45, 7) is 5.27. The molecule has 1 aromatic carbocycles. The standard InChI is InChI=1S/C10H15N.C3H5NO/c1-9(11-2)8-10-6-4-3-5-7-10;1-2-3(4)5/h3-7,9,11H,8H2,1-2H3;2H,1H2,(H2,4,5)/t9-;/m0./s1. The van der Waals surface area contributed by atoms with Crippen LogP contribution in [0.25, 0.3) is 0 Å². The molecule has 1 rings (SSSR count). The van der Waals surface area contributed by atoms with Crippen molar-refractivity contribution in [1.82, 2.24) is 5.32 Å². The lowest BCUT2D eigenvalue weighted by molar-refractivity contribution is -0.113. The highest BCUT2D eigenvalue weighted by Crippen LogP contribution is 2.01. The Morgan fingerprint density at radius 3 is 2.38 bits per heavy atom. The topological polar surface area (TPSA) is 55.1 Å². The maximum Gasteiger partial charge on any atom is 0.240 e. The van der Waals surface area contributed by atoms with Crippen molar-refractivity contribution in [2.24, 2.45) is 5.73 Å². The SMILES string of the molecule is C=CC(N)=O.CN[C@@H](C)Cc1ccccc1. The van der Waals surface area contributed by atoms with Crippen molar-refractivity contribution >= 4 is 5.91 Å². The second kappa shape index (κ2) is 8.68. The van der Waals surface area contributed by atoms with Gasteiger partial charge in [-0.2, -0.15) is 0 Å². The van der Waals surface area contributed by atoms with Gasteiger partial charge in [-0.3, -0.25) is 4.79 Å². The van der Waals surface area contributed by atoms with E-state index in [9.17, 15) is 4.79 Å². The highest BCUT2D eigenvalue weighted by Gasteiger charge is 1.97. The summed E-state index contributed by atoms with van der Waals surface area (Å²) in [6.07, 6.45) is 2.16. The molecule has 1 amide bonds. The third-order valence-corrected chi connectivity index (χ3v) is 2.08. The number of hydrogen-bond acceptors (Lipinski definition) is 2. The van der Waals surface area contributed by atoms with Gasteiger partial charge in [0.2, 0.25) is 5.91 Å². The molecule has 0 saturated heterocycles. The fourth-order valence-electron chi connectivity index (χ4n) is 1.07. The normalized spacial score (nSPS) is 10.9. The number of carbonyl (C=O) groups is 1. The lowest BCUT2D eigenvalue weighted by Gasteiger charge is -2.08. The summed E-state index contributed by atoms with van der Waals surface area (Å²) < 4.78 is 0. The van der Waals surface area contributed by atoms with Gasteiger partial charge >= 0.3 is 0 Å². The maximum absolute atomic E-state index is 9.47. The van der Waals surface area contributed by atoms with Gasteiger partial charge in [0.15, 0.2) is 0 Å². The van der Waals surface area contributed by atoms with Crippen LogP contribution in [0.5, 0.6) is 0 Å². The minimum absolute atomic E-state index is 0.481. The van der Waals surface area contributed by atoms with E-state index in [-0.39, 0.29) is 0 Å². The first kappa shape index (κ1) is 14.4. The van der Waals surface area contributed by atoms with E-state index in [4.69, 9.17) is 0 Å². The molecule has 0 unspecified atom stereocenters. The van der Waals surface area contributed by atoms with Crippen LogP contribution in [-0.2, 0) is 11.2 Å². The molecule has 0 aliphatic heterocycles. The summed E-state index contributed by atoms with van der Waals surface area (Å²) in [4.78, 5) is 9.47. The van der Waals surface area contributed by atoms with Crippen LogP contribution < -0.4 is 11.1 Å². The molecule has 0 saturated carbocycles. The quantitative estimate of drug-likeness (QED) is 0.755. The van der Waals surface area contributed by atoms with E-state index < -0.39 is 5.91 Å². The fourth-order valence-corrected chi connectivity index (χ4v) is 1.07. The largest absolute Gasteiger partial charge is 0.366 e. The predicted octanol–water partition coefficient (Wildman–Crippen LogP) is 1.49. The zero-order chi connectivity index (χ0) is 12.4. The molecule has 3 nitrogen and oxygen atoms in total. The van der Waals surface area contributed by atoms with Crippen LogP contribution in [0.4, 0.5) is 0 Å². The van der Waals surface area contributed by atoms with E-state index >= 15 is 0 Å². The lowest BCUT2D eigenvalue weighted by atomic mass is 10.1. The molecule has 0 radical (unpaired) electrons. The Morgan fingerprint density at radius 2 is 2.00 bits per heavy atom. The number of carbonyl (C=O) groups excluding carboxylic acids is 1. The monoisotopic (exact) mass is 220 g/mol. The molecule has 0 fully saturated rings. The van der Waals surface area contributed by atoms with E-state index in [1.807, 2.05) is 13.1 Å². The number of nitrogens with one attached hydrogen (secondary N) is 1. The highest BCUT2D eigenvalue weighted by molar-refractivity contribution is 5.84. The summed E-state index contributed by atoms with van der Waals surface area (Å²) in [5.74, 6) is -0.481. The van der Waals surface area contributed by atoms with Gasteiger partial charge < -0.3 is 11.1 Å². The van der Waals surface area contributed by atoms with Gasteiger partial charge in [0.25, 0.3) is 0 Å². The molecule has 0 heterocycles. The molecule has 0 spiro atoms. The second-order valence-electron chi connectivity index (χ2n) is 3.49. The van der Waals surface area contributed by atoms with Gasteiger partial charge in [-0.1, -0.05) is 36.9 Å². The van der Waals surface area contributed by atoms with Crippen molar-refractivity contribution in [2.75, 3.05) is 7.05 Å². The summed E-state index contributed by atoms with van der Waals surface area (Å²) in [6, 6.07) is 11.1. The third kappa shape index (κ3) is 7.76. The van der Waals surface area contributed by atoms with Crippen molar-refractivity contribution in [3.63, 3.8) is 0 Å². The van der Waals surface area contributed by atoms with Gasteiger partial charge in [0.1, 0.15) is 0 Å². The Hall–Kier alpha value is -1.61. The molecule has 0 aliphatic carbocycles. The van der Waals surface area contributed by atoms with Crippen LogP contribution in [0.2, 0.25) is 0 Å². The van der Waals surface area contributed by atoms with Crippen LogP contribution in [0.3, 0.4) is 0 Å². The number of amides is 1. The van der Waals surface area contributed by atoms with Crippen molar-refractivity contribution < 1.29 is 4.79 Å². The molecule has 0 aliphatic rings. The van der Waals surface area contributed by atoms with E-state index in [2.05, 4.69) is 48.8 Å². The van der Waals surface area contributed by atoms with Gasteiger partial charge in [0, 0.05) is 6.04 Å². The highest BCUT2D eigenvalue weighted by atomic mass is 16.1. The average Bonchev–Trinajstić information content (AvgIpc) is 2.31. The van der Waals surface area contributed by atoms with Crippen molar-refractivity contribution in [1.29, 1.82) is 0 Å². The molecular formula is C13H20N2O. The van der Waals surface area contributed by atoms with Crippen LogP contribution >= 0.6 is 0 Å². The molecule has 3 N–H and O–H groups in total. The van der Waals surface area contributed by atoms with E-state index in [1.165, 1.54) is 5.56 Å². The number of rotatable bonds is 4. The van der Waals surface area contributed by atoms with Gasteiger partial charge in [-0.25, -0.2) is 0 Å². The number of hydrogen-bond donors (Lipinski definition) is 2. The minimum atomic E-state index is -0.481. The summed E-state index contributed by atoms with van der Waals surface area (Å²) >= 11 is 0. The average molecular weight is 220 g/mol. The van der Waals surface area contributed by atoms with Gasteiger partial charge in [0.05, 0.1) is 0 Å². The van der Waals surface area contributed by atoms with E-state index in [0.29, 0.717) is 6.04 Å². The van der Waals surface area contributed by atoms with Crippen molar-refractivity contribution in [3.8, 4) is 0 Å². The first-order chi connectivity index (χ1) is 7.60. The Bertz CT molecular complexity index is 309. The van der Waals surface area contributed by atoms with Gasteiger partial charge in [-0.05, 0) is 32.0 Å². The van der Waals surface area contributed by atoms with Crippen molar-refractivity contribution in [3.05, 3.63) is 48.6 Å². The summed E-state index contributed by atoms with van der Waals surface area (Å²) in [5, 5.41) is 3.21. The van der Waals surface area contributed by atoms with Crippen LogP contribution in [0, 0.1) is 0 Å². The Labute approximate surface area is 97.4 Å². The summed E-state index contributed by atoms with van der Waals surface area (Å²) in [7, 11) is 1.99. The maximum atomic E-state index is 9.47. The zero-order valence-corrected chi connectivity index (χ0v) is 9.94. The van der Waals surface area contributed by atoms with E-state index in [0.717, 1.165) is 12.5 Å². The molecule has 0 bridgehead atoms. The number of benzene rings is 1. The smallest absolute Gasteiger partial charge is 0.240 e. The number of nitrogens with two attached hydrogens (primary N) is 1. The molecule has 88 valence electrons. The van der Waals surface area contributed by atoms with Crippen LogP contribution in [0.15, 0.2) is 43.0 Å². The van der Waals surface area contributed by atoms with Gasteiger partial charge in [-0.15, -0.1) is 0 Å². The molecule has 16 heavy (non-hydrogen) atoms. The first-order valence-electron chi connectivity index (χ1n) is 5.23. The summed E-state index contributed by atoms with van der Waals surface area (Å²) in [5.41, 5.74) is 5.93. The Balaban J connectivity index is 0.000000385. The third-order valence-electron chi connectivity index (χ3n) is 2.08. The first-order valence-corrected chi connectivity index (χ1v) is 5.23. The number of primary amides is 1. The molecule has 1 aromatic rings. The van der Waals surface area contributed by atoms with Crippen LogP contribution in [0.1, 0.15) is 12.5 Å². The molecular weight excluding hydrogens is 200 g/mol. The lowest BCUT2D eigenvalue weighted by Crippen LogP contribution is -2.23. The van der Waals surface area contributed by atoms with E-state index in [1.54, 1.807) is 0 Å². The molecule has 1 atom stereocenters. The minimum Gasteiger partial charge on any atom is -0.366 e. The fraction of sp³-hybridized carbons (Fsp3) is 0.308. The second-order valence-corrected chi connectivity index (χ2v) is 3.49. The Morgan fingerprint density at radius 1 is 1.50 bits per heavy atom. The Kier molecular flexibility index (Phi) is 7.81. The predicted molar refractivity (Wildman–Crippen MR) is 68.1 cm³/mol. The van der Waals surface area contributed by atoms with Crippen LogP contribution in [-0.4, -0.2) is 19.0 Å². The number of likely N-dealkylation sites (N-methyl/N-ethyl adjacent to an activating group) is 1. The molecule has 3 heteroatoms. The molecule has 0 aromatic heterocycles. The zero-order valence-electron chi connectivity index (χ0n) is 9.94.